The van der Waals surface area contributed by atoms with E-state index in [9.17, 15) is 9.59 Å². The quantitative estimate of drug-likeness (QED) is 0.368. The van der Waals surface area contributed by atoms with Crippen LogP contribution in [-0.4, -0.2) is 35.1 Å². The third-order valence-electron chi connectivity index (χ3n) is 5.72. The molecule has 1 heterocycles. The summed E-state index contributed by atoms with van der Waals surface area (Å²) in [7, 11) is 1.62. The van der Waals surface area contributed by atoms with Gasteiger partial charge in [-0.25, -0.2) is 9.78 Å². The normalized spacial score (nSPS) is 11.8. The molecule has 1 amide bonds. The van der Waals surface area contributed by atoms with E-state index in [1.807, 2.05) is 56.3 Å². The Kier molecular flexibility index (Phi) is 6.63. The van der Waals surface area contributed by atoms with Crippen molar-refractivity contribution in [2.24, 2.45) is 0 Å². The van der Waals surface area contributed by atoms with Crippen LogP contribution in [0, 0.1) is 6.92 Å². The van der Waals surface area contributed by atoms with Crippen LogP contribution in [0.3, 0.4) is 0 Å². The number of imidazole rings is 1. The van der Waals surface area contributed by atoms with Gasteiger partial charge in [-0.15, -0.1) is 0 Å². The summed E-state index contributed by atoms with van der Waals surface area (Å²) in [5, 5.41) is 2.90. The molecule has 2 N–H and O–H groups in total. The van der Waals surface area contributed by atoms with Crippen LogP contribution in [0.25, 0.3) is 22.4 Å². The maximum Gasteiger partial charge on any atom is 0.338 e. The van der Waals surface area contributed by atoms with Crippen molar-refractivity contribution in [3.05, 3.63) is 77.4 Å². The van der Waals surface area contributed by atoms with E-state index in [2.05, 4.69) is 15.3 Å². The van der Waals surface area contributed by atoms with Crippen molar-refractivity contribution in [3.8, 4) is 17.1 Å². The van der Waals surface area contributed by atoms with Gasteiger partial charge in [0.25, 0.3) is 5.91 Å². The molecule has 174 valence electrons. The Bertz CT molecular complexity index is 1340. The number of aromatic nitrogens is 2. The topological polar surface area (TPSA) is 93.3 Å². The minimum absolute atomic E-state index is 0.335. The summed E-state index contributed by atoms with van der Waals surface area (Å²) >= 11 is 0. The monoisotopic (exact) mass is 457 g/mol. The van der Waals surface area contributed by atoms with E-state index in [0.717, 1.165) is 40.1 Å². The summed E-state index contributed by atoms with van der Waals surface area (Å²) in [5.41, 5.74) is 5.41. The van der Waals surface area contributed by atoms with Crippen molar-refractivity contribution < 1.29 is 19.1 Å². The van der Waals surface area contributed by atoms with Crippen LogP contribution in [0.5, 0.6) is 5.75 Å². The molecule has 0 aliphatic carbocycles. The third kappa shape index (κ3) is 4.78. The lowest BCUT2D eigenvalue weighted by Crippen LogP contribution is -2.30. The van der Waals surface area contributed by atoms with E-state index in [4.69, 9.17) is 9.47 Å². The fourth-order valence-electron chi connectivity index (χ4n) is 3.73. The molecule has 7 nitrogen and oxygen atoms in total. The zero-order valence-electron chi connectivity index (χ0n) is 19.6. The molecule has 0 fully saturated rings. The second-order valence-corrected chi connectivity index (χ2v) is 8.05. The van der Waals surface area contributed by atoms with Gasteiger partial charge in [-0.2, -0.15) is 0 Å². The Balaban J connectivity index is 1.47. The first-order chi connectivity index (χ1) is 16.4. The van der Waals surface area contributed by atoms with Gasteiger partial charge < -0.3 is 19.8 Å². The molecule has 3 aromatic carbocycles. The number of carbonyl (C=O) groups excluding carboxylic acids is 2. The van der Waals surface area contributed by atoms with Gasteiger partial charge in [0.1, 0.15) is 11.6 Å². The fraction of sp³-hybridized carbons (Fsp3) is 0.222. The van der Waals surface area contributed by atoms with Gasteiger partial charge in [0.15, 0.2) is 6.10 Å². The first-order valence-corrected chi connectivity index (χ1v) is 11.1. The zero-order valence-corrected chi connectivity index (χ0v) is 19.6. The number of nitrogens with one attached hydrogen (secondary N) is 2. The van der Waals surface area contributed by atoms with E-state index in [0.29, 0.717) is 16.9 Å². The van der Waals surface area contributed by atoms with Crippen molar-refractivity contribution in [1.29, 1.82) is 0 Å². The zero-order chi connectivity index (χ0) is 24.2. The van der Waals surface area contributed by atoms with E-state index >= 15 is 0 Å². The van der Waals surface area contributed by atoms with Gasteiger partial charge in [-0.05, 0) is 73.9 Å². The predicted molar refractivity (Wildman–Crippen MR) is 132 cm³/mol. The number of carbonyl (C=O) groups is 2. The maximum atomic E-state index is 12.7. The SMILES string of the molecule is CCc1cccc(C)c1NC(=O)C(C)OC(=O)c1ccc2nc(-c3ccc(OC)cc3)[nH]c2c1. The van der Waals surface area contributed by atoms with Gasteiger partial charge in [-0.3, -0.25) is 4.79 Å². The summed E-state index contributed by atoms with van der Waals surface area (Å²) in [4.78, 5) is 33.3. The average molecular weight is 458 g/mol. The lowest BCUT2D eigenvalue weighted by molar-refractivity contribution is -0.123. The molecule has 1 unspecified atom stereocenters. The molecule has 0 saturated heterocycles. The Morgan fingerprint density at radius 1 is 1.09 bits per heavy atom. The average Bonchev–Trinajstić information content (AvgIpc) is 3.28. The maximum absolute atomic E-state index is 12.7. The van der Waals surface area contributed by atoms with E-state index < -0.39 is 12.1 Å². The number of ether oxygens (including phenoxy) is 2. The number of hydrogen-bond acceptors (Lipinski definition) is 5. The number of anilines is 1. The van der Waals surface area contributed by atoms with Crippen molar-refractivity contribution >= 4 is 28.6 Å². The summed E-state index contributed by atoms with van der Waals surface area (Å²) in [6.07, 6.45) is -0.169. The van der Waals surface area contributed by atoms with Crippen LogP contribution in [0.1, 0.15) is 35.3 Å². The van der Waals surface area contributed by atoms with Crippen molar-refractivity contribution in [2.45, 2.75) is 33.3 Å². The third-order valence-corrected chi connectivity index (χ3v) is 5.72. The number of aryl methyl sites for hydroxylation is 2. The molecule has 0 aliphatic heterocycles. The first-order valence-electron chi connectivity index (χ1n) is 11.1. The Labute approximate surface area is 198 Å². The number of fused-ring (bicyclic) bond motifs is 1. The smallest absolute Gasteiger partial charge is 0.338 e. The Hall–Kier alpha value is -4.13. The second-order valence-electron chi connectivity index (χ2n) is 8.05. The van der Waals surface area contributed by atoms with Gasteiger partial charge in [0.05, 0.1) is 23.7 Å². The number of amides is 1. The molecular formula is C27H27N3O4. The molecule has 0 aliphatic rings. The number of hydrogen-bond donors (Lipinski definition) is 2. The molecule has 7 heteroatoms. The molecule has 1 aromatic heterocycles. The summed E-state index contributed by atoms with van der Waals surface area (Å²) < 4.78 is 10.6. The van der Waals surface area contributed by atoms with Gasteiger partial charge in [-0.1, -0.05) is 25.1 Å². The molecule has 0 saturated carbocycles. The molecular weight excluding hydrogens is 430 g/mol. The van der Waals surface area contributed by atoms with Crippen LogP contribution in [-0.2, 0) is 16.0 Å². The lowest BCUT2D eigenvalue weighted by atomic mass is 10.1. The highest BCUT2D eigenvalue weighted by Crippen LogP contribution is 2.24. The molecule has 4 rings (SSSR count). The highest BCUT2D eigenvalue weighted by molar-refractivity contribution is 5.99. The molecule has 0 spiro atoms. The van der Waals surface area contributed by atoms with Gasteiger partial charge >= 0.3 is 5.97 Å². The minimum atomic E-state index is -0.955. The number of para-hydroxylation sites is 1. The van der Waals surface area contributed by atoms with Crippen LogP contribution >= 0.6 is 0 Å². The van der Waals surface area contributed by atoms with Crippen molar-refractivity contribution in [3.63, 3.8) is 0 Å². The molecule has 34 heavy (non-hydrogen) atoms. The largest absolute Gasteiger partial charge is 0.497 e. The number of aromatic amines is 1. The Morgan fingerprint density at radius 2 is 1.85 bits per heavy atom. The minimum Gasteiger partial charge on any atom is -0.497 e. The number of H-pyrrole nitrogens is 1. The molecule has 4 aromatic rings. The van der Waals surface area contributed by atoms with Crippen molar-refractivity contribution in [1.82, 2.24) is 9.97 Å². The number of nitrogens with zero attached hydrogens (tertiary/aromatic N) is 1. The van der Waals surface area contributed by atoms with Crippen LogP contribution in [0.4, 0.5) is 5.69 Å². The summed E-state index contributed by atoms with van der Waals surface area (Å²) in [6.45, 7) is 5.53. The Morgan fingerprint density at radius 3 is 2.56 bits per heavy atom. The number of esters is 1. The number of methoxy groups -OCH3 is 1. The van der Waals surface area contributed by atoms with E-state index in [1.165, 1.54) is 0 Å². The summed E-state index contributed by atoms with van der Waals surface area (Å²) in [6, 6.07) is 18.5. The van der Waals surface area contributed by atoms with E-state index in [-0.39, 0.29) is 5.91 Å². The predicted octanol–water partition coefficient (Wildman–Crippen LogP) is 5.29. The van der Waals surface area contributed by atoms with Crippen LogP contribution in [0.15, 0.2) is 60.7 Å². The highest BCUT2D eigenvalue weighted by Gasteiger charge is 2.21. The van der Waals surface area contributed by atoms with E-state index in [1.54, 1.807) is 32.2 Å². The number of benzene rings is 3. The van der Waals surface area contributed by atoms with Crippen LogP contribution in [0.2, 0.25) is 0 Å². The summed E-state index contributed by atoms with van der Waals surface area (Å²) in [5.74, 6) is 0.490. The standard InChI is InChI=1S/C27H27N3O4/c1-5-18-8-6-7-16(2)24(18)30-26(31)17(3)34-27(32)20-11-14-22-23(15-20)29-25(28-22)19-9-12-21(33-4)13-10-19/h6-15,17H,5H2,1-4H3,(H,28,29)(H,30,31). The molecule has 1 atom stereocenters. The lowest BCUT2D eigenvalue weighted by Gasteiger charge is -2.17. The highest BCUT2D eigenvalue weighted by atomic mass is 16.5. The first kappa shape index (κ1) is 23.0. The van der Waals surface area contributed by atoms with Gasteiger partial charge in [0, 0.05) is 11.3 Å². The van der Waals surface area contributed by atoms with Crippen molar-refractivity contribution in [2.75, 3.05) is 12.4 Å². The molecule has 0 radical (unpaired) electrons. The van der Waals surface area contributed by atoms with Crippen LogP contribution < -0.4 is 10.1 Å². The second kappa shape index (κ2) is 9.79. The number of rotatable bonds is 7. The fourth-order valence-corrected chi connectivity index (χ4v) is 3.73. The molecule has 0 bridgehead atoms. The van der Waals surface area contributed by atoms with Gasteiger partial charge in [0.2, 0.25) is 0 Å².